The van der Waals surface area contributed by atoms with Gasteiger partial charge in [-0.3, -0.25) is 9.59 Å². The fourth-order valence-electron chi connectivity index (χ4n) is 4.72. The van der Waals surface area contributed by atoms with Crippen LogP contribution in [-0.2, 0) is 9.59 Å². The molecule has 0 spiro atoms. The first-order chi connectivity index (χ1) is 17.3. The maximum absolute atomic E-state index is 14.3. The molecule has 0 heterocycles. The lowest BCUT2D eigenvalue weighted by atomic mass is 9.61. The lowest BCUT2D eigenvalue weighted by Gasteiger charge is -2.39. The molecule has 198 valence electrons. The van der Waals surface area contributed by atoms with Crippen LogP contribution in [0.2, 0.25) is 0 Å². The van der Waals surface area contributed by atoms with Gasteiger partial charge >= 0.3 is 0 Å². The third-order valence-corrected chi connectivity index (χ3v) is 7.05. The SMILES string of the molecule is C=C(C)CCC1=C(O)/C(=C(\O)c2ccccc2)C(=O)C(CC=C(C)C)(CC(CCC(=C)C)C(=C)C)C1=O. The van der Waals surface area contributed by atoms with Crippen molar-refractivity contribution in [1.82, 2.24) is 0 Å². The smallest absolute Gasteiger partial charge is 0.184 e. The number of carbonyl (C=O) groups excluding carboxylic acids is 2. The molecule has 1 aromatic carbocycles. The number of aliphatic hydroxyl groups excluding tert-OH is 2. The Bertz CT molecular complexity index is 1170. The van der Waals surface area contributed by atoms with Crippen LogP contribution in [0.3, 0.4) is 0 Å². The molecule has 0 aliphatic heterocycles. The third kappa shape index (κ3) is 7.09. The quantitative estimate of drug-likeness (QED) is 0.130. The Kier molecular flexibility index (Phi) is 10.2. The van der Waals surface area contributed by atoms with Crippen molar-refractivity contribution in [2.75, 3.05) is 0 Å². The molecule has 2 unspecified atom stereocenters. The third-order valence-electron chi connectivity index (χ3n) is 7.05. The van der Waals surface area contributed by atoms with E-state index in [1.54, 1.807) is 30.3 Å². The number of allylic oxidation sites excluding steroid dienone is 7. The molecule has 2 atom stereocenters. The van der Waals surface area contributed by atoms with Gasteiger partial charge in [0.25, 0.3) is 0 Å². The van der Waals surface area contributed by atoms with Crippen LogP contribution in [0.25, 0.3) is 5.76 Å². The molecule has 37 heavy (non-hydrogen) atoms. The van der Waals surface area contributed by atoms with E-state index in [2.05, 4.69) is 19.7 Å². The lowest BCUT2D eigenvalue weighted by Crippen LogP contribution is -2.47. The molecular formula is C33H42O4. The molecule has 4 heteroatoms. The van der Waals surface area contributed by atoms with Crippen LogP contribution in [-0.4, -0.2) is 21.8 Å². The summed E-state index contributed by atoms with van der Waals surface area (Å²) < 4.78 is 0. The number of rotatable bonds is 12. The Balaban J connectivity index is 2.84. The lowest BCUT2D eigenvalue weighted by molar-refractivity contribution is -0.138. The zero-order valence-corrected chi connectivity index (χ0v) is 23.1. The summed E-state index contributed by atoms with van der Waals surface area (Å²) in [5, 5.41) is 22.6. The first-order valence-electron chi connectivity index (χ1n) is 12.9. The van der Waals surface area contributed by atoms with Crippen LogP contribution in [0.1, 0.15) is 78.7 Å². The van der Waals surface area contributed by atoms with Crippen LogP contribution in [0.15, 0.2) is 95.3 Å². The molecule has 1 aliphatic carbocycles. The molecule has 0 saturated heterocycles. The topological polar surface area (TPSA) is 74.6 Å². The summed E-state index contributed by atoms with van der Waals surface area (Å²) in [5.41, 5.74) is 2.66. The number of hydrogen-bond acceptors (Lipinski definition) is 4. The van der Waals surface area contributed by atoms with Gasteiger partial charge in [-0.2, -0.15) is 0 Å². The first-order valence-corrected chi connectivity index (χ1v) is 12.9. The summed E-state index contributed by atoms with van der Waals surface area (Å²) in [6.45, 7) is 21.7. The van der Waals surface area contributed by atoms with Gasteiger partial charge < -0.3 is 10.2 Å². The van der Waals surface area contributed by atoms with Crippen molar-refractivity contribution in [3.8, 4) is 0 Å². The van der Waals surface area contributed by atoms with Gasteiger partial charge in [0.2, 0.25) is 0 Å². The maximum Gasteiger partial charge on any atom is 0.184 e. The molecule has 0 radical (unpaired) electrons. The van der Waals surface area contributed by atoms with Crippen molar-refractivity contribution in [1.29, 1.82) is 0 Å². The summed E-state index contributed by atoms with van der Waals surface area (Å²) in [5.74, 6) is -1.79. The number of ketones is 2. The van der Waals surface area contributed by atoms with Crippen LogP contribution in [0.4, 0.5) is 0 Å². The van der Waals surface area contributed by atoms with Crippen molar-refractivity contribution < 1.29 is 19.8 Å². The molecule has 0 amide bonds. The molecule has 0 fully saturated rings. The van der Waals surface area contributed by atoms with Crippen LogP contribution in [0, 0.1) is 11.3 Å². The summed E-state index contributed by atoms with van der Waals surface area (Å²) in [4.78, 5) is 28.6. The highest BCUT2D eigenvalue weighted by Gasteiger charge is 2.53. The van der Waals surface area contributed by atoms with Gasteiger partial charge in [0.05, 0.1) is 0 Å². The van der Waals surface area contributed by atoms with Crippen molar-refractivity contribution in [3.63, 3.8) is 0 Å². The van der Waals surface area contributed by atoms with Crippen LogP contribution < -0.4 is 0 Å². The number of Topliss-reactive ketones (excluding diaryl/α,β-unsaturated/α-hetero) is 2. The van der Waals surface area contributed by atoms with Crippen LogP contribution in [0.5, 0.6) is 0 Å². The molecule has 0 saturated carbocycles. The molecule has 0 bridgehead atoms. The second-order valence-electron chi connectivity index (χ2n) is 10.8. The molecule has 2 N–H and O–H groups in total. The normalized spacial score (nSPS) is 19.9. The van der Waals surface area contributed by atoms with Crippen molar-refractivity contribution in [2.24, 2.45) is 11.3 Å². The molecule has 2 rings (SSSR count). The molecule has 0 aromatic heterocycles. The number of carbonyl (C=O) groups is 2. The van der Waals surface area contributed by atoms with Crippen LogP contribution >= 0.6 is 0 Å². The maximum atomic E-state index is 14.3. The molecule has 1 aromatic rings. The fourth-order valence-corrected chi connectivity index (χ4v) is 4.72. The van der Waals surface area contributed by atoms with E-state index in [9.17, 15) is 19.8 Å². The minimum atomic E-state index is -1.47. The average Bonchev–Trinajstić information content (AvgIpc) is 2.83. The molecular weight excluding hydrogens is 460 g/mol. The monoisotopic (exact) mass is 502 g/mol. The zero-order valence-electron chi connectivity index (χ0n) is 23.1. The predicted molar refractivity (Wildman–Crippen MR) is 153 cm³/mol. The Morgan fingerprint density at radius 2 is 1.54 bits per heavy atom. The van der Waals surface area contributed by atoms with Crippen molar-refractivity contribution in [2.45, 2.75) is 73.1 Å². The van der Waals surface area contributed by atoms with E-state index in [4.69, 9.17) is 0 Å². The minimum absolute atomic E-state index is 0.113. The van der Waals surface area contributed by atoms with E-state index >= 15 is 0 Å². The average molecular weight is 503 g/mol. The standard InChI is InChI=1S/C33H42O4/c1-21(2)14-16-26(24(7)8)20-33(19-18-23(5)6)31(36)27(17-15-22(3)4)30(35)28(32(33)37)29(34)25-12-10-9-11-13-25/h9-13,18,26,34-35H,1,3,7,14-17,19-20H2,2,4-6,8H3/b29-28+. The van der Waals surface area contributed by atoms with E-state index in [0.717, 1.165) is 28.7 Å². The van der Waals surface area contributed by atoms with E-state index in [1.807, 2.05) is 40.7 Å². The Morgan fingerprint density at radius 3 is 2.05 bits per heavy atom. The van der Waals surface area contributed by atoms with E-state index in [0.29, 0.717) is 18.4 Å². The highest BCUT2D eigenvalue weighted by Crippen LogP contribution is 2.48. The van der Waals surface area contributed by atoms with Gasteiger partial charge in [0.15, 0.2) is 11.6 Å². The van der Waals surface area contributed by atoms with E-state index < -0.39 is 17.0 Å². The van der Waals surface area contributed by atoms with Crippen molar-refractivity contribution >= 4 is 17.3 Å². The summed E-state index contributed by atoms with van der Waals surface area (Å²) in [6.07, 6.45) is 4.50. The summed E-state index contributed by atoms with van der Waals surface area (Å²) in [6, 6.07) is 8.65. The number of aliphatic hydroxyl groups is 2. The predicted octanol–water partition coefficient (Wildman–Crippen LogP) is 8.56. The number of benzene rings is 1. The van der Waals surface area contributed by atoms with Gasteiger partial charge in [0.1, 0.15) is 22.5 Å². The van der Waals surface area contributed by atoms with Gasteiger partial charge in [0, 0.05) is 11.1 Å². The zero-order chi connectivity index (χ0) is 27.9. The van der Waals surface area contributed by atoms with E-state index in [-0.39, 0.29) is 47.9 Å². The highest BCUT2D eigenvalue weighted by molar-refractivity contribution is 6.26. The fraction of sp³-hybridized carbons (Fsp3) is 0.394. The Morgan fingerprint density at radius 1 is 0.946 bits per heavy atom. The van der Waals surface area contributed by atoms with Gasteiger partial charge in [-0.05, 0) is 79.1 Å². The van der Waals surface area contributed by atoms with Crippen molar-refractivity contribution in [3.05, 3.63) is 101 Å². The second kappa shape index (κ2) is 12.7. The summed E-state index contributed by atoms with van der Waals surface area (Å²) >= 11 is 0. The largest absolute Gasteiger partial charge is 0.507 e. The first kappa shape index (κ1) is 29.8. The second-order valence-corrected chi connectivity index (χ2v) is 10.8. The minimum Gasteiger partial charge on any atom is -0.507 e. The van der Waals surface area contributed by atoms with Gasteiger partial charge in [-0.1, -0.05) is 65.3 Å². The van der Waals surface area contributed by atoms with Gasteiger partial charge in [-0.15, -0.1) is 13.2 Å². The van der Waals surface area contributed by atoms with E-state index in [1.165, 1.54) is 0 Å². The molecule has 1 aliphatic rings. The van der Waals surface area contributed by atoms with Gasteiger partial charge in [-0.25, -0.2) is 0 Å². The molecule has 4 nitrogen and oxygen atoms in total. The Hall–Kier alpha value is -3.40. The highest BCUT2D eigenvalue weighted by atomic mass is 16.3. The Labute approximate surface area is 222 Å². The number of hydrogen-bond donors (Lipinski definition) is 2. The summed E-state index contributed by atoms with van der Waals surface area (Å²) in [7, 11) is 0.